The van der Waals surface area contributed by atoms with Crippen LogP contribution in [0, 0.1) is 0 Å². The van der Waals surface area contributed by atoms with Crippen molar-refractivity contribution in [3.8, 4) is 6.01 Å². The minimum Gasteiger partial charge on any atom is -0.467 e. The molecule has 84 valence electrons. The highest BCUT2D eigenvalue weighted by molar-refractivity contribution is 6.32. The molecule has 0 saturated carbocycles. The molecule has 2 aromatic rings. The molecule has 0 atom stereocenters. The number of H-pyrrole nitrogens is 1. The number of anilines is 1. The predicted molar refractivity (Wildman–Crippen MR) is 59.5 cm³/mol. The van der Waals surface area contributed by atoms with Crippen molar-refractivity contribution < 1.29 is 4.74 Å². The number of nitrogens with zero attached hydrogens (tertiary/aromatic N) is 3. The number of rotatable bonds is 4. The normalized spacial score (nSPS) is 10.1. The molecule has 0 amide bonds. The Morgan fingerprint density at radius 2 is 2.38 bits per heavy atom. The van der Waals surface area contributed by atoms with Crippen molar-refractivity contribution in [2.75, 3.05) is 12.4 Å². The first-order valence-electron chi connectivity index (χ1n) is 4.57. The summed E-state index contributed by atoms with van der Waals surface area (Å²) >= 11 is 5.92. The number of hydrogen-bond donors (Lipinski definition) is 2. The smallest absolute Gasteiger partial charge is 0.318 e. The van der Waals surface area contributed by atoms with Crippen LogP contribution >= 0.6 is 11.6 Å². The van der Waals surface area contributed by atoms with Crippen LogP contribution in [0.25, 0.3) is 0 Å². The molecule has 2 heterocycles. The highest BCUT2D eigenvalue weighted by Crippen LogP contribution is 2.20. The minimum absolute atomic E-state index is 0.275. The maximum atomic E-state index is 5.92. The molecule has 0 aliphatic rings. The lowest BCUT2D eigenvalue weighted by molar-refractivity contribution is 0.380. The number of methoxy groups -OCH3 is 1. The Hall–Kier alpha value is -1.82. The summed E-state index contributed by atoms with van der Waals surface area (Å²) in [7, 11) is 1.50. The third-order valence-electron chi connectivity index (χ3n) is 1.91. The van der Waals surface area contributed by atoms with Crippen LogP contribution in [0.2, 0.25) is 5.02 Å². The fourth-order valence-electron chi connectivity index (χ4n) is 1.13. The van der Waals surface area contributed by atoms with E-state index in [0.29, 0.717) is 17.4 Å². The average Bonchev–Trinajstić information content (AvgIpc) is 2.81. The first-order valence-corrected chi connectivity index (χ1v) is 4.95. The zero-order valence-electron chi connectivity index (χ0n) is 8.57. The lowest BCUT2D eigenvalue weighted by Gasteiger charge is -2.06. The predicted octanol–water partition coefficient (Wildman–Crippen LogP) is 1.47. The Bertz CT molecular complexity index is 459. The summed E-state index contributed by atoms with van der Waals surface area (Å²) in [5, 5.41) is 3.50. The number of halogens is 1. The molecule has 0 unspecified atom stereocenters. The van der Waals surface area contributed by atoms with Crippen molar-refractivity contribution in [1.82, 2.24) is 19.9 Å². The Morgan fingerprint density at radius 3 is 3.06 bits per heavy atom. The van der Waals surface area contributed by atoms with Crippen molar-refractivity contribution >= 4 is 17.4 Å². The van der Waals surface area contributed by atoms with E-state index >= 15 is 0 Å². The molecule has 16 heavy (non-hydrogen) atoms. The van der Waals surface area contributed by atoms with Crippen molar-refractivity contribution in [3.63, 3.8) is 0 Å². The quantitative estimate of drug-likeness (QED) is 0.845. The Balaban J connectivity index is 2.08. The molecule has 0 aliphatic heterocycles. The molecule has 0 aromatic carbocycles. The minimum atomic E-state index is 0.275. The monoisotopic (exact) mass is 239 g/mol. The van der Waals surface area contributed by atoms with Gasteiger partial charge in [0.1, 0.15) is 5.02 Å². The first kappa shape index (κ1) is 10.7. The van der Waals surface area contributed by atoms with Crippen LogP contribution in [0.1, 0.15) is 5.69 Å². The van der Waals surface area contributed by atoms with Gasteiger partial charge in [-0.05, 0) is 0 Å². The summed E-state index contributed by atoms with van der Waals surface area (Å²) in [6.07, 6.45) is 4.82. The van der Waals surface area contributed by atoms with E-state index in [2.05, 4.69) is 25.3 Å². The van der Waals surface area contributed by atoms with Gasteiger partial charge in [-0.1, -0.05) is 11.6 Å². The molecule has 2 N–H and O–H groups in total. The summed E-state index contributed by atoms with van der Waals surface area (Å²) in [5.41, 5.74) is 0.939. The van der Waals surface area contributed by atoms with E-state index in [1.54, 1.807) is 12.5 Å². The van der Waals surface area contributed by atoms with Gasteiger partial charge in [-0.3, -0.25) is 0 Å². The number of ether oxygens (including phenoxy) is 1. The second-order valence-corrected chi connectivity index (χ2v) is 3.39. The number of imidazole rings is 1. The molecule has 2 rings (SSSR count). The lowest BCUT2D eigenvalue weighted by Crippen LogP contribution is -2.04. The van der Waals surface area contributed by atoms with Gasteiger partial charge < -0.3 is 15.0 Å². The van der Waals surface area contributed by atoms with E-state index in [4.69, 9.17) is 16.3 Å². The van der Waals surface area contributed by atoms with Crippen LogP contribution in [-0.4, -0.2) is 27.0 Å². The number of nitrogens with one attached hydrogen (secondary N) is 2. The second-order valence-electron chi connectivity index (χ2n) is 2.98. The van der Waals surface area contributed by atoms with Gasteiger partial charge in [0.15, 0.2) is 5.82 Å². The maximum Gasteiger partial charge on any atom is 0.318 e. The second kappa shape index (κ2) is 4.80. The van der Waals surface area contributed by atoms with Gasteiger partial charge in [0.05, 0.1) is 31.9 Å². The molecule has 7 heteroatoms. The van der Waals surface area contributed by atoms with Gasteiger partial charge in [0.2, 0.25) is 0 Å². The fourth-order valence-corrected chi connectivity index (χ4v) is 1.29. The van der Waals surface area contributed by atoms with E-state index in [-0.39, 0.29) is 6.01 Å². The third kappa shape index (κ3) is 2.40. The van der Waals surface area contributed by atoms with Gasteiger partial charge in [0, 0.05) is 6.20 Å². The molecule has 0 aliphatic carbocycles. The van der Waals surface area contributed by atoms with Crippen LogP contribution in [0.5, 0.6) is 6.01 Å². The lowest BCUT2D eigenvalue weighted by atomic mass is 10.4. The highest BCUT2D eigenvalue weighted by Gasteiger charge is 2.05. The standard InChI is InChI=1S/C9H10ClN5O/c1-16-9-13-4-7(10)8(15-9)12-3-6-2-11-5-14-6/h2,4-5H,3H2,1H3,(H,11,14)(H,12,13,15). The van der Waals surface area contributed by atoms with Gasteiger partial charge in [-0.15, -0.1) is 0 Å². The maximum absolute atomic E-state index is 5.92. The number of hydrogen-bond acceptors (Lipinski definition) is 5. The summed E-state index contributed by atoms with van der Waals surface area (Å²) in [6.45, 7) is 0.555. The highest BCUT2D eigenvalue weighted by atomic mass is 35.5. The van der Waals surface area contributed by atoms with Crippen molar-refractivity contribution in [2.24, 2.45) is 0 Å². The van der Waals surface area contributed by atoms with Gasteiger partial charge in [-0.25, -0.2) is 9.97 Å². The molecule has 0 radical (unpaired) electrons. The van der Waals surface area contributed by atoms with E-state index in [9.17, 15) is 0 Å². The van der Waals surface area contributed by atoms with Crippen LogP contribution in [0.15, 0.2) is 18.7 Å². The Morgan fingerprint density at radius 1 is 1.50 bits per heavy atom. The van der Waals surface area contributed by atoms with E-state index in [0.717, 1.165) is 5.69 Å². The van der Waals surface area contributed by atoms with Crippen LogP contribution in [0.4, 0.5) is 5.82 Å². The van der Waals surface area contributed by atoms with Crippen molar-refractivity contribution in [2.45, 2.75) is 6.54 Å². The summed E-state index contributed by atoms with van der Waals surface area (Å²) < 4.78 is 4.91. The molecule has 0 spiro atoms. The fraction of sp³-hybridized carbons (Fsp3) is 0.222. The molecule has 6 nitrogen and oxygen atoms in total. The zero-order chi connectivity index (χ0) is 11.4. The van der Waals surface area contributed by atoms with E-state index in [1.807, 2.05) is 0 Å². The average molecular weight is 240 g/mol. The van der Waals surface area contributed by atoms with Crippen LogP contribution in [-0.2, 0) is 6.54 Å². The Labute approximate surface area is 97.1 Å². The molecule has 0 bridgehead atoms. The third-order valence-corrected chi connectivity index (χ3v) is 2.18. The van der Waals surface area contributed by atoms with Crippen LogP contribution < -0.4 is 10.1 Å². The van der Waals surface area contributed by atoms with Crippen molar-refractivity contribution in [1.29, 1.82) is 0 Å². The van der Waals surface area contributed by atoms with Gasteiger partial charge in [-0.2, -0.15) is 4.98 Å². The number of aromatic nitrogens is 4. The summed E-state index contributed by atoms with van der Waals surface area (Å²) in [6, 6.07) is 0.275. The Kier molecular flexibility index (Phi) is 3.21. The zero-order valence-corrected chi connectivity index (χ0v) is 9.32. The van der Waals surface area contributed by atoms with E-state index < -0.39 is 0 Å². The van der Waals surface area contributed by atoms with Gasteiger partial charge >= 0.3 is 6.01 Å². The molecule has 2 aromatic heterocycles. The summed E-state index contributed by atoms with van der Waals surface area (Å²) in [4.78, 5) is 14.8. The summed E-state index contributed by atoms with van der Waals surface area (Å²) in [5.74, 6) is 0.531. The SMILES string of the molecule is COc1ncc(Cl)c(NCc2cnc[nH]2)n1. The van der Waals surface area contributed by atoms with E-state index in [1.165, 1.54) is 13.3 Å². The molecular formula is C9H10ClN5O. The van der Waals surface area contributed by atoms with Crippen LogP contribution in [0.3, 0.4) is 0 Å². The first-order chi connectivity index (χ1) is 7.79. The molecule has 0 fully saturated rings. The van der Waals surface area contributed by atoms with Crippen molar-refractivity contribution in [3.05, 3.63) is 29.4 Å². The molecule has 0 saturated heterocycles. The largest absolute Gasteiger partial charge is 0.467 e. The van der Waals surface area contributed by atoms with Gasteiger partial charge in [0.25, 0.3) is 0 Å². The molecular weight excluding hydrogens is 230 g/mol. The topological polar surface area (TPSA) is 75.7 Å². The number of aromatic amines is 1.